The standard InChI is InChI=1S/C35H22Br2N2/c36-28-18-19-29(37)35-34(28)38-32-25-13-5-3-11-23(25)31(24-12-4-6-14-26(24)33(32)39-35)27-15-7-9-21-17-16-20-8-1-2-10-22(20)30(21)27/h1-6,8,10-14,16-19H,7,9,15H2. The maximum absolute atomic E-state index is 5.29. The van der Waals surface area contributed by atoms with Gasteiger partial charge in [-0.25, -0.2) is 9.97 Å². The highest BCUT2D eigenvalue weighted by Gasteiger charge is 2.30. The fourth-order valence-electron chi connectivity index (χ4n) is 6.45. The summed E-state index contributed by atoms with van der Waals surface area (Å²) in [6, 6.07) is 35.0. The molecule has 0 spiro atoms. The molecule has 0 atom stereocenters. The first kappa shape index (κ1) is 23.3. The summed E-state index contributed by atoms with van der Waals surface area (Å²) in [5, 5.41) is 2.63. The molecule has 5 aromatic carbocycles. The molecule has 2 aliphatic rings. The minimum Gasteiger partial charge on any atom is -0.243 e. The van der Waals surface area contributed by atoms with Crippen LogP contribution in [0.25, 0.3) is 55.5 Å². The molecule has 0 bridgehead atoms. The van der Waals surface area contributed by atoms with Crippen molar-refractivity contribution >= 4 is 64.8 Å². The zero-order valence-corrected chi connectivity index (χ0v) is 24.2. The third-order valence-corrected chi connectivity index (χ3v) is 9.40. The van der Waals surface area contributed by atoms with Crippen LogP contribution in [0.1, 0.15) is 35.1 Å². The fraction of sp³-hybridized carbons (Fsp3) is 0.0857. The van der Waals surface area contributed by atoms with Crippen LogP contribution in [0.15, 0.2) is 106 Å². The molecule has 0 amide bonds. The van der Waals surface area contributed by atoms with Crippen molar-refractivity contribution in [1.29, 1.82) is 0 Å². The molecule has 1 aromatic heterocycles. The molecule has 0 fully saturated rings. The van der Waals surface area contributed by atoms with Crippen molar-refractivity contribution < 1.29 is 0 Å². The number of allylic oxidation sites excluding steroid dienone is 1. The third kappa shape index (κ3) is 3.51. The van der Waals surface area contributed by atoms with E-state index in [1.54, 1.807) is 0 Å². The number of halogens is 2. The van der Waals surface area contributed by atoms with Crippen molar-refractivity contribution in [1.82, 2.24) is 9.97 Å². The summed E-state index contributed by atoms with van der Waals surface area (Å²) in [4.78, 5) is 10.6. The summed E-state index contributed by atoms with van der Waals surface area (Å²) in [5.41, 5.74) is 13.8. The van der Waals surface area contributed by atoms with Gasteiger partial charge in [0.2, 0.25) is 0 Å². The first-order chi connectivity index (χ1) is 19.2. The monoisotopic (exact) mass is 628 g/mol. The normalized spacial score (nSPS) is 14.0. The number of aryl methyl sites for hydroxylation is 1. The third-order valence-electron chi connectivity index (χ3n) is 8.12. The van der Waals surface area contributed by atoms with Crippen molar-refractivity contribution in [3.05, 3.63) is 128 Å². The highest BCUT2D eigenvalue weighted by Crippen LogP contribution is 2.50. The first-order valence-electron chi connectivity index (χ1n) is 13.3. The fourth-order valence-corrected chi connectivity index (χ4v) is 7.26. The van der Waals surface area contributed by atoms with Gasteiger partial charge in [0, 0.05) is 20.1 Å². The highest BCUT2D eigenvalue weighted by atomic mass is 79.9. The van der Waals surface area contributed by atoms with E-state index >= 15 is 0 Å². The average Bonchev–Trinajstić information content (AvgIpc) is 3.10. The predicted molar refractivity (Wildman–Crippen MR) is 169 cm³/mol. The van der Waals surface area contributed by atoms with Gasteiger partial charge >= 0.3 is 0 Å². The molecule has 0 saturated carbocycles. The van der Waals surface area contributed by atoms with Crippen molar-refractivity contribution in [2.75, 3.05) is 0 Å². The van der Waals surface area contributed by atoms with Crippen LogP contribution in [-0.4, -0.2) is 9.97 Å². The molecule has 0 radical (unpaired) electrons. The molecule has 8 rings (SSSR count). The van der Waals surface area contributed by atoms with Crippen molar-refractivity contribution in [3.63, 3.8) is 0 Å². The number of aromatic nitrogens is 2. The van der Waals surface area contributed by atoms with Crippen LogP contribution in [0.3, 0.4) is 0 Å². The second-order valence-electron chi connectivity index (χ2n) is 10.3. The zero-order chi connectivity index (χ0) is 26.1. The van der Waals surface area contributed by atoms with Crippen molar-refractivity contribution in [2.45, 2.75) is 19.3 Å². The molecule has 4 heteroatoms. The van der Waals surface area contributed by atoms with Gasteiger partial charge in [0.05, 0.1) is 11.4 Å². The van der Waals surface area contributed by atoms with Crippen LogP contribution in [0, 0.1) is 0 Å². The predicted octanol–water partition coefficient (Wildman–Crippen LogP) is 10.3. The maximum Gasteiger partial charge on any atom is 0.105 e. The van der Waals surface area contributed by atoms with Gasteiger partial charge in [-0.15, -0.1) is 0 Å². The molecule has 39 heavy (non-hydrogen) atoms. The lowest BCUT2D eigenvalue weighted by Gasteiger charge is -2.26. The topological polar surface area (TPSA) is 25.8 Å². The lowest BCUT2D eigenvalue weighted by atomic mass is 9.78. The van der Waals surface area contributed by atoms with Gasteiger partial charge in [0.1, 0.15) is 11.0 Å². The van der Waals surface area contributed by atoms with E-state index < -0.39 is 0 Å². The molecule has 6 aromatic rings. The van der Waals surface area contributed by atoms with E-state index in [-0.39, 0.29) is 0 Å². The Bertz CT molecular complexity index is 1930. The molecular formula is C35H22Br2N2. The minimum absolute atomic E-state index is 0.862. The van der Waals surface area contributed by atoms with Crippen LogP contribution >= 0.6 is 31.9 Å². The summed E-state index contributed by atoms with van der Waals surface area (Å²) in [5.74, 6) is 0. The second kappa shape index (κ2) is 8.97. The lowest BCUT2D eigenvalue weighted by molar-refractivity contribution is 0.826. The van der Waals surface area contributed by atoms with E-state index in [4.69, 9.17) is 9.97 Å². The van der Waals surface area contributed by atoms with Crippen molar-refractivity contribution in [2.24, 2.45) is 0 Å². The number of hydrogen-bond donors (Lipinski definition) is 0. The SMILES string of the molecule is Brc1ccc(Br)c2nc3c(nc12)-c1ccccc1C(=C1CCCc2ccc4ccccc4c21)c1ccccc1-3. The van der Waals surface area contributed by atoms with Gasteiger partial charge in [0.15, 0.2) is 0 Å². The summed E-state index contributed by atoms with van der Waals surface area (Å²) in [6.07, 6.45) is 3.29. The molecule has 0 N–H and O–H groups in total. The molecule has 2 aliphatic carbocycles. The molecular weight excluding hydrogens is 608 g/mol. The maximum atomic E-state index is 5.29. The van der Waals surface area contributed by atoms with Gasteiger partial charge in [-0.05, 0) is 107 Å². The minimum atomic E-state index is 0.862. The average molecular weight is 630 g/mol. The van der Waals surface area contributed by atoms with Crippen LogP contribution in [0.2, 0.25) is 0 Å². The molecule has 1 heterocycles. The van der Waals surface area contributed by atoms with E-state index in [1.165, 1.54) is 44.2 Å². The first-order valence-corrected chi connectivity index (χ1v) is 14.9. The highest BCUT2D eigenvalue weighted by molar-refractivity contribution is 9.11. The Morgan fingerprint density at radius 3 is 1.74 bits per heavy atom. The van der Waals surface area contributed by atoms with Gasteiger partial charge < -0.3 is 0 Å². The summed E-state index contributed by atoms with van der Waals surface area (Å²) >= 11 is 7.47. The number of hydrogen-bond acceptors (Lipinski definition) is 2. The smallest absolute Gasteiger partial charge is 0.105 e. The molecule has 0 saturated heterocycles. The van der Waals surface area contributed by atoms with Crippen LogP contribution in [0.4, 0.5) is 0 Å². The quantitative estimate of drug-likeness (QED) is 0.167. The second-order valence-corrected chi connectivity index (χ2v) is 12.0. The van der Waals surface area contributed by atoms with E-state index in [9.17, 15) is 0 Å². The van der Waals surface area contributed by atoms with E-state index in [0.29, 0.717) is 0 Å². The Morgan fingerprint density at radius 1 is 0.538 bits per heavy atom. The lowest BCUT2D eigenvalue weighted by Crippen LogP contribution is -2.06. The number of benzene rings is 5. The van der Waals surface area contributed by atoms with Gasteiger partial charge in [-0.3, -0.25) is 0 Å². The molecule has 0 unspecified atom stereocenters. The van der Waals surface area contributed by atoms with Crippen LogP contribution in [0.5, 0.6) is 0 Å². The molecule has 186 valence electrons. The summed E-state index contributed by atoms with van der Waals surface area (Å²) in [6.45, 7) is 0. The van der Waals surface area contributed by atoms with Crippen LogP contribution < -0.4 is 0 Å². The summed E-state index contributed by atoms with van der Waals surface area (Å²) < 4.78 is 1.88. The Morgan fingerprint density at radius 2 is 1.10 bits per heavy atom. The molecule has 2 nitrogen and oxygen atoms in total. The Labute approximate surface area is 243 Å². The Balaban J connectivity index is 1.56. The van der Waals surface area contributed by atoms with Gasteiger partial charge in [-0.1, -0.05) is 84.9 Å². The number of fused-ring (bicyclic) bond motifs is 9. The largest absolute Gasteiger partial charge is 0.243 e. The van der Waals surface area contributed by atoms with Crippen LogP contribution in [-0.2, 0) is 6.42 Å². The number of nitrogens with zero attached hydrogens (tertiary/aromatic N) is 2. The van der Waals surface area contributed by atoms with Gasteiger partial charge in [-0.2, -0.15) is 0 Å². The Kier molecular flexibility index (Phi) is 5.36. The van der Waals surface area contributed by atoms with E-state index in [1.807, 2.05) is 12.1 Å². The van der Waals surface area contributed by atoms with Gasteiger partial charge in [0.25, 0.3) is 0 Å². The summed E-state index contributed by atoms with van der Waals surface area (Å²) in [7, 11) is 0. The van der Waals surface area contributed by atoms with E-state index in [0.717, 1.165) is 61.8 Å². The Hall–Kier alpha value is -3.60. The zero-order valence-electron chi connectivity index (χ0n) is 21.0. The van der Waals surface area contributed by atoms with Crippen molar-refractivity contribution in [3.8, 4) is 22.5 Å². The number of rotatable bonds is 0. The van der Waals surface area contributed by atoms with E-state index in [2.05, 4.69) is 117 Å². The molecule has 0 aliphatic heterocycles.